The lowest BCUT2D eigenvalue weighted by molar-refractivity contribution is -0.169. The summed E-state index contributed by atoms with van der Waals surface area (Å²) in [6.45, 7) is 7.18. The van der Waals surface area contributed by atoms with E-state index in [4.69, 9.17) is 14.2 Å². The van der Waals surface area contributed by atoms with Gasteiger partial charge in [0.1, 0.15) is 0 Å². The third-order valence-corrected chi connectivity index (χ3v) is 3.97. The van der Waals surface area contributed by atoms with Gasteiger partial charge in [-0.3, -0.25) is 9.59 Å². The van der Waals surface area contributed by atoms with E-state index in [2.05, 4.69) is 6.58 Å². The summed E-state index contributed by atoms with van der Waals surface area (Å²) >= 11 is 0. The lowest BCUT2D eigenvalue weighted by atomic mass is 9.77. The van der Waals surface area contributed by atoms with Crippen molar-refractivity contribution in [2.24, 2.45) is 5.41 Å². The van der Waals surface area contributed by atoms with Crippen LogP contribution < -0.4 is 0 Å². The molecule has 0 aliphatic rings. The number of carbonyl (C=O) groups is 3. The van der Waals surface area contributed by atoms with Crippen molar-refractivity contribution in [2.45, 2.75) is 39.2 Å². The summed E-state index contributed by atoms with van der Waals surface area (Å²) in [4.78, 5) is 36.7. The summed E-state index contributed by atoms with van der Waals surface area (Å²) < 4.78 is 14.9. The summed E-state index contributed by atoms with van der Waals surface area (Å²) in [7, 11) is 2.47. The highest BCUT2D eigenvalue weighted by molar-refractivity contribution is 6.00. The van der Waals surface area contributed by atoms with Crippen LogP contribution in [0.4, 0.5) is 0 Å². The zero-order chi connectivity index (χ0) is 19.7. The maximum Gasteiger partial charge on any atom is 0.338 e. The standard InChI is InChI=1S/C20H26O6/c1-6-7-12-20(18(22)24-4,19(23)25-5)13-15-8-10-16(11-9-15)17(21)26-14(2)3/h6,8-11,14H,1,7,12-13H2,2-5H3. The highest BCUT2D eigenvalue weighted by Crippen LogP contribution is 2.32. The minimum Gasteiger partial charge on any atom is -0.468 e. The van der Waals surface area contributed by atoms with Gasteiger partial charge in [-0.2, -0.15) is 0 Å². The van der Waals surface area contributed by atoms with E-state index in [9.17, 15) is 14.4 Å². The molecule has 1 rings (SSSR count). The summed E-state index contributed by atoms with van der Waals surface area (Å²) in [5, 5.41) is 0. The molecular weight excluding hydrogens is 336 g/mol. The molecule has 1 aromatic carbocycles. The molecule has 142 valence electrons. The molecule has 6 nitrogen and oxygen atoms in total. The van der Waals surface area contributed by atoms with Crippen LogP contribution >= 0.6 is 0 Å². The molecular formula is C20H26O6. The van der Waals surface area contributed by atoms with Gasteiger partial charge in [0, 0.05) is 0 Å². The lowest BCUT2D eigenvalue weighted by Gasteiger charge is -2.28. The molecule has 0 bridgehead atoms. The fraction of sp³-hybridized carbons (Fsp3) is 0.450. The SMILES string of the molecule is C=CCCC(Cc1ccc(C(=O)OC(C)C)cc1)(C(=O)OC)C(=O)OC. The van der Waals surface area contributed by atoms with Crippen molar-refractivity contribution in [1.29, 1.82) is 0 Å². The third-order valence-electron chi connectivity index (χ3n) is 3.97. The molecule has 0 aliphatic heterocycles. The Labute approximate surface area is 154 Å². The van der Waals surface area contributed by atoms with Crippen LogP contribution in [-0.4, -0.2) is 38.2 Å². The van der Waals surface area contributed by atoms with E-state index < -0.39 is 23.3 Å². The van der Waals surface area contributed by atoms with Gasteiger partial charge in [-0.05, 0) is 50.8 Å². The van der Waals surface area contributed by atoms with E-state index in [1.165, 1.54) is 14.2 Å². The van der Waals surface area contributed by atoms with Crippen LogP contribution in [0, 0.1) is 5.41 Å². The number of allylic oxidation sites excluding steroid dienone is 1. The highest BCUT2D eigenvalue weighted by Gasteiger charge is 2.47. The molecule has 0 fully saturated rings. The number of rotatable bonds is 9. The minimum atomic E-state index is -1.46. The monoisotopic (exact) mass is 362 g/mol. The van der Waals surface area contributed by atoms with Crippen molar-refractivity contribution in [3.05, 3.63) is 48.0 Å². The number of hydrogen-bond donors (Lipinski definition) is 0. The second-order valence-electron chi connectivity index (χ2n) is 6.22. The number of ether oxygens (including phenoxy) is 3. The first-order chi connectivity index (χ1) is 12.3. The maximum absolute atomic E-state index is 12.4. The van der Waals surface area contributed by atoms with Gasteiger partial charge < -0.3 is 14.2 Å². The fourth-order valence-corrected chi connectivity index (χ4v) is 2.65. The van der Waals surface area contributed by atoms with Crippen molar-refractivity contribution >= 4 is 17.9 Å². The van der Waals surface area contributed by atoms with Gasteiger partial charge in [-0.1, -0.05) is 18.2 Å². The smallest absolute Gasteiger partial charge is 0.338 e. The van der Waals surface area contributed by atoms with Crippen LogP contribution in [0.1, 0.15) is 42.6 Å². The molecule has 26 heavy (non-hydrogen) atoms. The van der Waals surface area contributed by atoms with E-state index in [0.717, 1.165) is 0 Å². The number of benzene rings is 1. The van der Waals surface area contributed by atoms with E-state index in [1.54, 1.807) is 44.2 Å². The predicted octanol–water partition coefficient (Wildman–Crippen LogP) is 3.09. The Balaban J connectivity index is 3.13. The van der Waals surface area contributed by atoms with Crippen LogP contribution in [0.2, 0.25) is 0 Å². The van der Waals surface area contributed by atoms with Gasteiger partial charge >= 0.3 is 17.9 Å². The first kappa shape index (κ1) is 21.4. The van der Waals surface area contributed by atoms with Crippen LogP contribution in [-0.2, 0) is 30.2 Å². The topological polar surface area (TPSA) is 78.9 Å². The predicted molar refractivity (Wildman–Crippen MR) is 96.6 cm³/mol. The zero-order valence-corrected chi connectivity index (χ0v) is 15.7. The normalized spacial score (nSPS) is 11.0. The zero-order valence-electron chi connectivity index (χ0n) is 15.7. The average Bonchev–Trinajstić information content (AvgIpc) is 2.63. The fourth-order valence-electron chi connectivity index (χ4n) is 2.65. The van der Waals surface area contributed by atoms with Gasteiger partial charge in [0.25, 0.3) is 0 Å². The Hall–Kier alpha value is -2.63. The Morgan fingerprint density at radius 3 is 2.04 bits per heavy atom. The molecule has 0 aliphatic carbocycles. The number of esters is 3. The van der Waals surface area contributed by atoms with Crippen molar-refractivity contribution in [1.82, 2.24) is 0 Å². The van der Waals surface area contributed by atoms with Crippen LogP contribution in [0.25, 0.3) is 0 Å². The number of methoxy groups -OCH3 is 2. The second-order valence-corrected chi connectivity index (χ2v) is 6.22. The van der Waals surface area contributed by atoms with Crippen molar-refractivity contribution < 1.29 is 28.6 Å². The molecule has 0 radical (unpaired) electrons. The van der Waals surface area contributed by atoms with Crippen molar-refractivity contribution in [3.8, 4) is 0 Å². The van der Waals surface area contributed by atoms with E-state index in [0.29, 0.717) is 17.5 Å². The second kappa shape index (κ2) is 9.75. The van der Waals surface area contributed by atoms with Crippen LogP contribution in [0.3, 0.4) is 0 Å². The molecule has 1 aromatic rings. The van der Waals surface area contributed by atoms with Crippen LogP contribution in [0.15, 0.2) is 36.9 Å². The Kier molecular flexibility index (Phi) is 8.03. The summed E-state index contributed by atoms with van der Waals surface area (Å²) in [6, 6.07) is 6.58. The highest BCUT2D eigenvalue weighted by atomic mass is 16.5. The molecule has 6 heteroatoms. The Morgan fingerprint density at radius 1 is 1.08 bits per heavy atom. The van der Waals surface area contributed by atoms with Gasteiger partial charge in [0.05, 0.1) is 25.9 Å². The molecule has 0 heterocycles. The van der Waals surface area contributed by atoms with E-state index in [1.807, 2.05) is 0 Å². The quantitative estimate of drug-likeness (QED) is 0.291. The Morgan fingerprint density at radius 2 is 1.62 bits per heavy atom. The molecule has 0 saturated heterocycles. The number of carbonyl (C=O) groups excluding carboxylic acids is 3. The van der Waals surface area contributed by atoms with Gasteiger partial charge in [0.15, 0.2) is 5.41 Å². The molecule has 0 unspecified atom stereocenters. The first-order valence-electron chi connectivity index (χ1n) is 8.38. The number of hydrogen-bond acceptors (Lipinski definition) is 6. The van der Waals surface area contributed by atoms with E-state index in [-0.39, 0.29) is 18.9 Å². The average molecular weight is 362 g/mol. The first-order valence-corrected chi connectivity index (χ1v) is 8.38. The Bertz CT molecular complexity index is 629. The lowest BCUT2D eigenvalue weighted by Crippen LogP contribution is -2.43. The molecule has 0 aromatic heterocycles. The van der Waals surface area contributed by atoms with E-state index >= 15 is 0 Å². The van der Waals surface area contributed by atoms with Crippen molar-refractivity contribution in [3.63, 3.8) is 0 Å². The molecule has 0 atom stereocenters. The van der Waals surface area contributed by atoms with Gasteiger partial charge in [-0.25, -0.2) is 4.79 Å². The molecule has 0 spiro atoms. The minimum absolute atomic E-state index is 0.0969. The van der Waals surface area contributed by atoms with Crippen LogP contribution in [0.5, 0.6) is 0 Å². The van der Waals surface area contributed by atoms with Gasteiger partial charge in [0.2, 0.25) is 0 Å². The molecule has 0 amide bonds. The van der Waals surface area contributed by atoms with Gasteiger partial charge in [-0.15, -0.1) is 6.58 Å². The molecule has 0 N–H and O–H groups in total. The van der Waals surface area contributed by atoms with Crippen molar-refractivity contribution in [2.75, 3.05) is 14.2 Å². The summed E-state index contributed by atoms with van der Waals surface area (Å²) in [5.74, 6) is -1.74. The summed E-state index contributed by atoms with van der Waals surface area (Å²) in [6.07, 6.45) is 2.17. The molecule has 0 saturated carbocycles. The summed E-state index contributed by atoms with van der Waals surface area (Å²) in [5.41, 5.74) is -0.362. The third kappa shape index (κ3) is 5.18. The maximum atomic E-state index is 12.4. The largest absolute Gasteiger partial charge is 0.468 e.